The van der Waals surface area contributed by atoms with Gasteiger partial charge in [-0.25, -0.2) is 4.79 Å². The zero-order valence-electron chi connectivity index (χ0n) is 10.3. The largest absolute Gasteiger partial charge is 0.478 e. The Morgan fingerprint density at radius 2 is 2.29 bits per heavy atom. The van der Waals surface area contributed by atoms with Crippen LogP contribution in [0.25, 0.3) is 0 Å². The smallest absolute Gasteiger partial charge is 0.347 e. The van der Waals surface area contributed by atoms with E-state index >= 15 is 0 Å². The molecule has 0 spiro atoms. The number of hydrogen-bond acceptors (Lipinski definition) is 3. The van der Waals surface area contributed by atoms with Crippen molar-refractivity contribution in [3.05, 3.63) is 24.0 Å². The number of hydrogen-bond donors (Lipinski definition) is 2. The third-order valence-corrected chi connectivity index (χ3v) is 3.36. The van der Waals surface area contributed by atoms with Crippen LogP contribution in [-0.4, -0.2) is 29.8 Å². The molecule has 0 saturated carbocycles. The molecule has 1 heterocycles. The number of allylic oxidation sites excluding steroid dienone is 2. The van der Waals surface area contributed by atoms with Crippen LogP contribution < -0.4 is 5.32 Å². The maximum atomic E-state index is 11.0. The van der Waals surface area contributed by atoms with Crippen molar-refractivity contribution in [2.24, 2.45) is 11.8 Å². The minimum atomic E-state index is -1.18. The van der Waals surface area contributed by atoms with Crippen molar-refractivity contribution in [2.75, 3.05) is 13.1 Å². The molecule has 0 bridgehead atoms. The van der Waals surface area contributed by atoms with E-state index in [9.17, 15) is 4.79 Å². The zero-order chi connectivity index (χ0) is 12.5. The second-order valence-electron chi connectivity index (χ2n) is 5.17. The number of carboxylic acid groups (broad SMARTS) is 1. The molecule has 0 aromatic heterocycles. The number of aliphatic carboxylic acids is 1. The molecule has 0 aromatic carbocycles. The minimum absolute atomic E-state index is 0.424. The van der Waals surface area contributed by atoms with Crippen LogP contribution in [0.4, 0.5) is 0 Å². The molecule has 4 heteroatoms. The lowest BCUT2D eigenvalue weighted by Crippen LogP contribution is -2.38. The van der Waals surface area contributed by atoms with Gasteiger partial charge in [0.05, 0.1) is 0 Å². The fraction of sp³-hybridized carbons (Fsp3) is 0.615. The lowest BCUT2D eigenvalue weighted by Gasteiger charge is -2.32. The number of fused-ring (bicyclic) bond motifs is 1. The SMILES string of the molecule is CC(C)(OC1=CC2CNCCC2C=C1)C(=O)O. The number of rotatable bonds is 3. The van der Waals surface area contributed by atoms with E-state index in [1.165, 1.54) is 0 Å². The number of carbonyl (C=O) groups is 1. The predicted octanol–water partition coefficient (Wildman–Crippen LogP) is 1.55. The van der Waals surface area contributed by atoms with E-state index in [1.54, 1.807) is 13.8 Å². The van der Waals surface area contributed by atoms with Crippen molar-refractivity contribution in [1.82, 2.24) is 5.32 Å². The quantitative estimate of drug-likeness (QED) is 0.782. The van der Waals surface area contributed by atoms with Gasteiger partial charge in [-0.2, -0.15) is 0 Å². The predicted molar refractivity (Wildman–Crippen MR) is 64.5 cm³/mol. The van der Waals surface area contributed by atoms with Crippen LogP contribution in [0.2, 0.25) is 0 Å². The van der Waals surface area contributed by atoms with Gasteiger partial charge in [-0.1, -0.05) is 6.08 Å². The van der Waals surface area contributed by atoms with Gasteiger partial charge in [-0.3, -0.25) is 0 Å². The molecule has 1 aliphatic carbocycles. The molecule has 2 atom stereocenters. The first-order chi connectivity index (χ1) is 7.99. The van der Waals surface area contributed by atoms with Crippen molar-refractivity contribution in [3.8, 4) is 0 Å². The zero-order valence-corrected chi connectivity index (χ0v) is 10.3. The molecule has 4 nitrogen and oxygen atoms in total. The monoisotopic (exact) mass is 237 g/mol. The first-order valence-corrected chi connectivity index (χ1v) is 6.02. The van der Waals surface area contributed by atoms with E-state index in [0.29, 0.717) is 17.6 Å². The third-order valence-electron chi connectivity index (χ3n) is 3.36. The molecule has 94 valence electrons. The summed E-state index contributed by atoms with van der Waals surface area (Å²) in [6.45, 7) is 5.12. The summed E-state index contributed by atoms with van der Waals surface area (Å²) in [6, 6.07) is 0. The Morgan fingerprint density at radius 1 is 1.53 bits per heavy atom. The number of ether oxygens (including phenoxy) is 1. The molecule has 2 rings (SSSR count). The molecule has 0 amide bonds. The minimum Gasteiger partial charge on any atom is -0.478 e. The third kappa shape index (κ3) is 2.69. The van der Waals surface area contributed by atoms with Crippen LogP contribution >= 0.6 is 0 Å². The van der Waals surface area contributed by atoms with E-state index in [2.05, 4.69) is 11.4 Å². The first-order valence-electron chi connectivity index (χ1n) is 6.02. The van der Waals surface area contributed by atoms with Crippen LogP contribution in [0, 0.1) is 11.8 Å². The Hall–Kier alpha value is -1.29. The highest BCUT2D eigenvalue weighted by Gasteiger charge is 2.31. The summed E-state index contributed by atoms with van der Waals surface area (Å²) in [5.74, 6) is 0.711. The van der Waals surface area contributed by atoms with E-state index < -0.39 is 11.6 Å². The van der Waals surface area contributed by atoms with Crippen molar-refractivity contribution < 1.29 is 14.6 Å². The molecule has 2 aliphatic rings. The molecule has 1 saturated heterocycles. The van der Waals surface area contributed by atoms with Gasteiger partial charge >= 0.3 is 5.97 Å². The Balaban J connectivity index is 2.06. The summed E-state index contributed by atoms with van der Waals surface area (Å²) in [7, 11) is 0. The van der Waals surface area contributed by atoms with Gasteiger partial charge in [-0.05, 0) is 50.8 Å². The normalized spacial score (nSPS) is 28.2. The Kier molecular flexibility index (Phi) is 3.24. The van der Waals surface area contributed by atoms with Gasteiger partial charge in [0, 0.05) is 6.54 Å². The maximum absolute atomic E-state index is 11.0. The van der Waals surface area contributed by atoms with Crippen LogP contribution in [0.15, 0.2) is 24.0 Å². The number of piperidine rings is 1. The molecular formula is C13H19NO3. The van der Waals surface area contributed by atoms with Gasteiger partial charge in [0.15, 0.2) is 5.60 Å². The molecular weight excluding hydrogens is 218 g/mol. The maximum Gasteiger partial charge on any atom is 0.347 e. The van der Waals surface area contributed by atoms with E-state index in [-0.39, 0.29) is 0 Å². The van der Waals surface area contributed by atoms with Crippen molar-refractivity contribution in [1.29, 1.82) is 0 Å². The fourth-order valence-electron chi connectivity index (χ4n) is 2.22. The topological polar surface area (TPSA) is 58.6 Å². The molecule has 1 aliphatic heterocycles. The van der Waals surface area contributed by atoms with Gasteiger partial charge in [-0.15, -0.1) is 0 Å². The van der Waals surface area contributed by atoms with Crippen LogP contribution in [-0.2, 0) is 9.53 Å². The van der Waals surface area contributed by atoms with Gasteiger partial charge in [0.2, 0.25) is 0 Å². The second kappa shape index (κ2) is 4.53. The molecule has 2 unspecified atom stereocenters. The summed E-state index contributed by atoms with van der Waals surface area (Å²) in [5.41, 5.74) is -1.18. The standard InChI is InChI=1S/C13H19NO3/c1-13(2,12(15)16)17-11-4-3-9-5-6-14-8-10(9)7-11/h3-4,7,9-10,14H,5-6,8H2,1-2H3,(H,15,16). The number of nitrogens with one attached hydrogen (secondary N) is 1. The Bertz CT molecular complexity index is 371. The van der Waals surface area contributed by atoms with Gasteiger partial charge < -0.3 is 15.2 Å². The Labute approximate surface area is 101 Å². The highest BCUT2D eigenvalue weighted by atomic mass is 16.5. The average Bonchev–Trinajstić information content (AvgIpc) is 2.28. The highest BCUT2D eigenvalue weighted by molar-refractivity contribution is 5.76. The van der Waals surface area contributed by atoms with Crippen molar-refractivity contribution in [3.63, 3.8) is 0 Å². The lowest BCUT2D eigenvalue weighted by molar-refractivity contribution is -0.156. The number of carboxylic acids is 1. The molecule has 1 fully saturated rings. The van der Waals surface area contributed by atoms with Crippen LogP contribution in [0.5, 0.6) is 0 Å². The van der Waals surface area contributed by atoms with E-state index in [0.717, 1.165) is 19.5 Å². The Morgan fingerprint density at radius 3 is 3.00 bits per heavy atom. The molecule has 0 aromatic rings. The molecule has 17 heavy (non-hydrogen) atoms. The summed E-state index contributed by atoms with van der Waals surface area (Å²) in [5, 5.41) is 12.4. The lowest BCUT2D eigenvalue weighted by atomic mass is 9.83. The highest BCUT2D eigenvalue weighted by Crippen LogP contribution is 2.29. The first kappa shape index (κ1) is 12.2. The summed E-state index contributed by atoms with van der Waals surface area (Å²) >= 11 is 0. The van der Waals surface area contributed by atoms with Gasteiger partial charge in [0.25, 0.3) is 0 Å². The summed E-state index contributed by atoms with van der Waals surface area (Å²) < 4.78 is 5.54. The van der Waals surface area contributed by atoms with Crippen LogP contribution in [0.3, 0.4) is 0 Å². The van der Waals surface area contributed by atoms with Gasteiger partial charge in [0.1, 0.15) is 5.76 Å². The average molecular weight is 237 g/mol. The molecule has 2 N–H and O–H groups in total. The van der Waals surface area contributed by atoms with E-state index in [4.69, 9.17) is 9.84 Å². The van der Waals surface area contributed by atoms with E-state index in [1.807, 2.05) is 12.2 Å². The molecule has 0 radical (unpaired) electrons. The fourth-order valence-corrected chi connectivity index (χ4v) is 2.22. The second-order valence-corrected chi connectivity index (χ2v) is 5.17. The van der Waals surface area contributed by atoms with Crippen molar-refractivity contribution in [2.45, 2.75) is 25.9 Å². The van der Waals surface area contributed by atoms with Crippen LogP contribution in [0.1, 0.15) is 20.3 Å². The summed E-state index contributed by atoms with van der Waals surface area (Å²) in [6.07, 6.45) is 7.21. The summed E-state index contributed by atoms with van der Waals surface area (Å²) in [4.78, 5) is 11.0. The van der Waals surface area contributed by atoms with Crippen molar-refractivity contribution >= 4 is 5.97 Å².